The Morgan fingerprint density at radius 2 is 1.25 bits per heavy atom. The Labute approximate surface area is 221 Å². The molecule has 1 N–H and O–H groups in total. The summed E-state index contributed by atoms with van der Waals surface area (Å²) in [4.78, 5) is 21.2. The number of quaternary nitrogens is 1. The zero-order valence-corrected chi connectivity index (χ0v) is 24.9. The second kappa shape index (κ2) is 22.5. The number of phosphoric ester groups is 1. The van der Waals surface area contributed by atoms with Crippen LogP contribution in [0.25, 0.3) is 0 Å². The molecular weight excluding hydrogens is 481 g/mol. The van der Waals surface area contributed by atoms with Gasteiger partial charge in [-0.2, -0.15) is 0 Å². The highest BCUT2D eigenvalue weighted by Gasteiger charge is 2.23. The number of ether oxygens (including phenoxy) is 2. The molecule has 0 aliphatic heterocycles. The second-order valence-electron chi connectivity index (χ2n) is 10.8. The quantitative estimate of drug-likeness (QED) is 0.0571. The molecule has 36 heavy (non-hydrogen) atoms. The summed E-state index contributed by atoms with van der Waals surface area (Å²) in [6, 6.07) is 0. The first-order valence-electron chi connectivity index (χ1n) is 14.2. The monoisotopic (exact) mass is 538 g/mol. The van der Waals surface area contributed by atoms with Crippen molar-refractivity contribution in [3.8, 4) is 0 Å². The van der Waals surface area contributed by atoms with E-state index in [2.05, 4.69) is 6.92 Å². The van der Waals surface area contributed by atoms with E-state index in [9.17, 15) is 14.3 Å². The highest BCUT2D eigenvalue weighted by atomic mass is 31.2. The molecule has 0 aromatic heterocycles. The van der Waals surface area contributed by atoms with Crippen molar-refractivity contribution in [1.29, 1.82) is 0 Å². The van der Waals surface area contributed by atoms with Gasteiger partial charge >= 0.3 is 13.8 Å². The van der Waals surface area contributed by atoms with Gasteiger partial charge in [0, 0.05) is 20.0 Å². The van der Waals surface area contributed by atoms with Crippen LogP contribution >= 0.6 is 7.82 Å². The first-order valence-corrected chi connectivity index (χ1v) is 15.7. The molecule has 0 aliphatic carbocycles. The van der Waals surface area contributed by atoms with Crippen LogP contribution in [0.15, 0.2) is 0 Å². The maximum absolute atomic E-state index is 12.0. The zero-order chi connectivity index (χ0) is 27.1. The van der Waals surface area contributed by atoms with Gasteiger partial charge in [0.1, 0.15) is 19.3 Å². The summed E-state index contributed by atoms with van der Waals surface area (Å²) in [5.74, 6) is -0.411. The summed E-state index contributed by atoms with van der Waals surface area (Å²) in [5, 5.41) is 0. The van der Waals surface area contributed by atoms with Gasteiger partial charge in [0.05, 0.1) is 34.4 Å². The topological polar surface area (TPSA) is 91.3 Å². The van der Waals surface area contributed by atoms with Crippen molar-refractivity contribution in [2.75, 3.05) is 54.1 Å². The molecule has 0 radical (unpaired) electrons. The van der Waals surface area contributed by atoms with Crippen molar-refractivity contribution in [2.24, 2.45) is 0 Å². The molecule has 8 nitrogen and oxygen atoms in total. The van der Waals surface area contributed by atoms with E-state index in [0.717, 1.165) is 12.8 Å². The molecule has 0 saturated heterocycles. The van der Waals surface area contributed by atoms with E-state index in [4.69, 9.17) is 18.5 Å². The molecule has 0 amide bonds. The predicted molar refractivity (Wildman–Crippen MR) is 146 cm³/mol. The summed E-state index contributed by atoms with van der Waals surface area (Å²) in [6.45, 7) is 5.11. The van der Waals surface area contributed by atoms with E-state index < -0.39 is 19.9 Å². The average molecular weight is 539 g/mol. The van der Waals surface area contributed by atoms with Gasteiger partial charge in [-0.05, 0) is 6.42 Å². The molecular formula is C27H57NO7P+. The van der Waals surface area contributed by atoms with Crippen molar-refractivity contribution in [1.82, 2.24) is 0 Å². The van der Waals surface area contributed by atoms with Crippen molar-refractivity contribution >= 4 is 13.8 Å². The number of nitrogens with zero attached hydrogens (tertiary/aromatic N) is 1. The first kappa shape index (κ1) is 35.5. The van der Waals surface area contributed by atoms with Crippen LogP contribution in [0.2, 0.25) is 0 Å². The minimum Gasteiger partial charge on any atom is -0.460 e. The van der Waals surface area contributed by atoms with Crippen LogP contribution in [0.5, 0.6) is 0 Å². The number of carbonyl (C=O) groups is 1. The van der Waals surface area contributed by atoms with Crippen LogP contribution in [0.4, 0.5) is 0 Å². The molecule has 9 heteroatoms. The van der Waals surface area contributed by atoms with Gasteiger partial charge in [0.2, 0.25) is 0 Å². The molecule has 0 heterocycles. The number of hydrogen-bond donors (Lipinski definition) is 1. The molecule has 0 bridgehead atoms. The SMILES string of the molecule is CCCCCCCCCCCCCCCCOCC(CCOP(=O)(O)OCC[N+](C)(C)C)OC(C)=O. The Hall–Kier alpha value is -0.500. The van der Waals surface area contributed by atoms with E-state index in [1.54, 1.807) is 0 Å². The molecule has 0 aromatic carbocycles. The normalized spacial score (nSPS) is 14.5. The number of esters is 1. The third-order valence-corrected chi connectivity index (χ3v) is 7.01. The van der Waals surface area contributed by atoms with Gasteiger partial charge in [-0.25, -0.2) is 4.57 Å². The van der Waals surface area contributed by atoms with E-state index in [1.165, 1.54) is 84.0 Å². The van der Waals surface area contributed by atoms with Crippen molar-refractivity contribution in [3.63, 3.8) is 0 Å². The number of unbranched alkanes of at least 4 members (excludes halogenated alkanes) is 13. The molecule has 2 atom stereocenters. The molecule has 0 rings (SSSR count). The highest BCUT2D eigenvalue weighted by molar-refractivity contribution is 7.47. The van der Waals surface area contributed by atoms with Crippen molar-refractivity contribution in [2.45, 2.75) is 116 Å². The number of carbonyl (C=O) groups excluding carboxylic acids is 1. The lowest BCUT2D eigenvalue weighted by Crippen LogP contribution is -2.37. The smallest absolute Gasteiger partial charge is 0.460 e. The third kappa shape index (κ3) is 26.6. The maximum Gasteiger partial charge on any atom is 0.472 e. The molecule has 0 spiro atoms. The fourth-order valence-electron chi connectivity index (χ4n) is 3.79. The summed E-state index contributed by atoms with van der Waals surface area (Å²) >= 11 is 0. The molecule has 216 valence electrons. The lowest BCUT2D eigenvalue weighted by Gasteiger charge is -2.24. The first-order chi connectivity index (χ1) is 17.1. The minimum absolute atomic E-state index is 0.0572. The van der Waals surface area contributed by atoms with Gasteiger partial charge in [-0.15, -0.1) is 0 Å². The standard InChI is InChI=1S/C27H56NO7P/c1-6-7-8-9-10-11-12-13-14-15-16-17-18-19-22-32-25-27(35-26(2)29)20-23-33-36(30,31)34-24-21-28(3,4)5/h27H,6-25H2,1-5H3/p+1. The van der Waals surface area contributed by atoms with Gasteiger partial charge in [0.15, 0.2) is 0 Å². The van der Waals surface area contributed by atoms with E-state index in [1.807, 2.05) is 21.1 Å². The van der Waals surface area contributed by atoms with Crippen molar-refractivity contribution < 1.29 is 37.3 Å². The Kier molecular flexibility index (Phi) is 22.2. The number of likely N-dealkylation sites (N-methyl/N-ethyl adjacent to an activating group) is 1. The van der Waals surface area contributed by atoms with E-state index in [0.29, 0.717) is 17.6 Å². The average Bonchev–Trinajstić information content (AvgIpc) is 2.77. The maximum atomic E-state index is 12.0. The fourth-order valence-corrected chi connectivity index (χ4v) is 4.51. The van der Waals surface area contributed by atoms with Crippen LogP contribution in [0.1, 0.15) is 110 Å². The molecule has 2 unspecified atom stereocenters. The van der Waals surface area contributed by atoms with Crippen LogP contribution in [0, 0.1) is 0 Å². The van der Waals surface area contributed by atoms with Crippen molar-refractivity contribution in [3.05, 3.63) is 0 Å². The fraction of sp³-hybridized carbons (Fsp3) is 0.963. The number of phosphoric acid groups is 1. The Bertz CT molecular complexity index is 569. The van der Waals surface area contributed by atoms with Gasteiger partial charge < -0.3 is 18.9 Å². The van der Waals surface area contributed by atoms with Gasteiger partial charge in [-0.3, -0.25) is 13.8 Å². The summed E-state index contributed by atoms with van der Waals surface area (Å²) in [5.41, 5.74) is 0. The lowest BCUT2D eigenvalue weighted by molar-refractivity contribution is -0.870. The molecule has 0 aromatic rings. The Balaban J connectivity index is 3.76. The minimum atomic E-state index is -4.12. The zero-order valence-electron chi connectivity index (χ0n) is 24.0. The Morgan fingerprint density at radius 1 is 0.778 bits per heavy atom. The highest BCUT2D eigenvalue weighted by Crippen LogP contribution is 2.43. The summed E-state index contributed by atoms with van der Waals surface area (Å²) < 4.78 is 33.6. The van der Waals surface area contributed by atoms with Crippen LogP contribution in [-0.2, 0) is 27.9 Å². The molecule has 0 aliphatic rings. The van der Waals surface area contributed by atoms with Gasteiger partial charge in [-0.1, -0.05) is 90.4 Å². The summed E-state index contributed by atoms with van der Waals surface area (Å²) in [7, 11) is 1.78. The third-order valence-electron chi connectivity index (χ3n) is 5.99. The molecule has 0 fully saturated rings. The predicted octanol–water partition coefficient (Wildman–Crippen LogP) is 6.65. The lowest BCUT2D eigenvalue weighted by atomic mass is 10.0. The molecule has 0 saturated carbocycles. The second-order valence-corrected chi connectivity index (χ2v) is 12.3. The van der Waals surface area contributed by atoms with Gasteiger partial charge in [0.25, 0.3) is 0 Å². The number of hydrogen-bond acceptors (Lipinski definition) is 6. The summed E-state index contributed by atoms with van der Waals surface area (Å²) in [6.07, 6.45) is 18.1. The van der Waals surface area contributed by atoms with E-state index in [-0.39, 0.29) is 26.2 Å². The number of rotatable bonds is 26. The van der Waals surface area contributed by atoms with Crippen LogP contribution in [0.3, 0.4) is 0 Å². The van der Waals surface area contributed by atoms with Crippen LogP contribution in [-0.4, -0.2) is 75.6 Å². The Morgan fingerprint density at radius 3 is 1.72 bits per heavy atom. The largest absolute Gasteiger partial charge is 0.472 e. The van der Waals surface area contributed by atoms with E-state index >= 15 is 0 Å². The van der Waals surface area contributed by atoms with Crippen LogP contribution < -0.4 is 0 Å².